The number of hydrogen-bond donors (Lipinski definition) is 2. The molecule has 0 unspecified atom stereocenters. The smallest absolute Gasteiger partial charge is 0.312 e. The van der Waals surface area contributed by atoms with E-state index in [0.717, 1.165) is 12.3 Å². The Morgan fingerprint density at radius 2 is 2.17 bits per heavy atom. The van der Waals surface area contributed by atoms with Crippen LogP contribution in [0.5, 0.6) is 5.75 Å². The number of benzene rings is 1. The van der Waals surface area contributed by atoms with Gasteiger partial charge in [-0.2, -0.15) is 5.10 Å². The van der Waals surface area contributed by atoms with Gasteiger partial charge in [0.25, 0.3) is 5.91 Å². The molecule has 0 spiro atoms. The first-order valence-electron chi connectivity index (χ1n) is 6.01. The van der Waals surface area contributed by atoms with Crippen molar-refractivity contribution in [3.8, 4) is 5.75 Å². The molecule has 23 heavy (non-hydrogen) atoms. The normalized spacial score (nSPS) is 10.7. The van der Waals surface area contributed by atoms with Gasteiger partial charge in [0.15, 0.2) is 0 Å². The molecule has 1 aromatic heterocycles. The Kier molecular flexibility index (Phi) is 5.09. The molecule has 1 heterocycles. The fraction of sp³-hybridized carbons (Fsp3) is 0. The number of nitrogens with one attached hydrogen (secondary N) is 1. The zero-order valence-corrected chi connectivity index (χ0v) is 12.7. The third-order valence-corrected chi connectivity index (χ3v) is 3.17. The van der Waals surface area contributed by atoms with E-state index in [0.29, 0.717) is 0 Å². The molecular weight excluding hydrogens is 347 g/mol. The largest absolute Gasteiger partial charge is 0.502 e. The fourth-order valence-electron chi connectivity index (χ4n) is 1.62. The van der Waals surface area contributed by atoms with Gasteiger partial charge in [-0.3, -0.25) is 14.9 Å². The van der Waals surface area contributed by atoms with E-state index >= 15 is 0 Å². The number of nitro benzene ring substituents is 1. The van der Waals surface area contributed by atoms with Crippen LogP contribution in [0.2, 0.25) is 10.2 Å². The summed E-state index contributed by atoms with van der Waals surface area (Å²) in [4.78, 5) is 25.6. The van der Waals surface area contributed by atoms with E-state index in [1.807, 2.05) is 0 Å². The highest BCUT2D eigenvalue weighted by atomic mass is 35.5. The number of hydrogen-bond acceptors (Lipinski definition) is 6. The van der Waals surface area contributed by atoms with Gasteiger partial charge in [0.2, 0.25) is 5.75 Å². The second kappa shape index (κ2) is 7.03. The van der Waals surface area contributed by atoms with Gasteiger partial charge in [0, 0.05) is 22.8 Å². The number of nitro groups is 1. The summed E-state index contributed by atoms with van der Waals surface area (Å²) in [5.41, 5.74) is 1.67. The summed E-state index contributed by atoms with van der Waals surface area (Å²) in [6.07, 6.45) is 2.45. The molecule has 0 radical (unpaired) electrons. The Morgan fingerprint density at radius 3 is 2.83 bits per heavy atom. The van der Waals surface area contributed by atoms with Crippen molar-refractivity contribution in [3.63, 3.8) is 0 Å². The molecule has 0 aliphatic rings. The van der Waals surface area contributed by atoms with Crippen LogP contribution in [0.1, 0.15) is 15.9 Å². The molecule has 8 nitrogen and oxygen atoms in total. The number of rotatable bonds is 4. The summed E-state index contributed by atoms with van der Waals surface area (Å²) >= 11 is 11.5. The van der Waals surface area contributed by atoms with Crippen molar-refractivity contribution in [2.75, 3.05) is 0 Å². The molecule has 118 valence electrons. The van der Waals surface area contributed by atoms with Crippen molar-refractivity contribution in [1.29, 1.82) is 0 Å². The van der Waals surface area contributed by atoms with Gasteiger partial charge in [-0.25, -0.2) is 10.4 Å². The molecule has 2 N–H and O–H groups in total. The van der Waals surface area contributed by atoms with Crippen LogP contribution in [0, 0.1) is 10.1 Å². The second-order valence-electron chi connectivity index (χ2n) is 4.16. The van der Waals surface area contributed by atoms with Crippen LogP contribution in [0.15, 0.2) is 35.6 Å². The Balaban J connectivity index is 2.20. The Labute approximate surface area is 139 Å². The van der Waals surface area contributed by atoms with Crippen LogP contribution < -0.4 is 5.43 Å². The molecule has 2 aromatic rings. The van der Waals surface area contributed by atoms with Crippen molar-refractivity contribution in [2.24, 2.45) is 5.10 Å². The van der Waals surface area contributed by atoms with E-state index in [-0.39, 0.29) is 21.3 Å². The van der Waals surface area contributed by atoms with Gasteiger partial charge < -0.3 is 5.11 Å². The van der Waals surface area contributed by atoms with Crippen molar-refractivity contribution < 1.29 is 14.8 Å². The number of phenols is 1. The molecule has 1 amide bonds. The molecule has 2 rings (SSSR count). The maximum absolute atomic E-state index is 11.8. The quantitative estimate of drug-likeness (QED) is 0.378. The Bertz CT molecular complexity index is 811. The molecule has 0 saturated carbocycles. The summed E-state index contributed by atoms with van der Waals surface area (Å²) in [6.45, 7) is 0. The van der Waals surface area contributed by atoms with E-state index < -0.39 is 22.3 Å². The monoisotopic (exact) mass is 354 g/mol. The van der Waals surface area contributed by atoms with Crippen LogP contribution in [0.3, 0.4) is 0 Å². The van der Waals surface area contributed by atoms with Crippen LogP contribution in [-0.4, -0.2) is 27.1 Å². The average Bonchev–Trinajstić information content (AvgIpc) is 2.50. The first-order valence-corrected chi connectivity index (χ1v) is 6.76. The number of phenolic OH excluding ortho intramolecular Hbond substituents is 1. The van der Waals surface area contributed by atoms with Gasteiger partial charge in [-0.05, 0) is 18.2 Å². The topological polar surface area (TPSA) is 118 Å². The minimum Gasteiger partial charge on any atom is -0.502 e. The van der Waals surface area contributed by atoms with E-state index in [1.54, 1.807) is 0 Å². The average molecular weight is 355 g/mol. The predicted molar refractivity (Wildman–Crippen MR) is 84.1 cm³/mol. The van der Waals surface area contributed by atoms with Gasteiger partial charge in [0.05, 0.1) is 16.7 Å². The summed E-state index contributed by atoms with van der Waals surface area (Å²) in [6, 6.07) is 5.23. The van der Waals surface area contributed by atoms with Crippen molar-refractivity contribution >= 4 is 41.0 Å². The van der Waals surface area contributed by atoms with Gasteiger partial charge in [0.1, 0.15) is 5.15 Å². The van der Waals surface area contributed by atoms with Gasteiger partial charge >= 0.3 is 5.69 Å². The number of carbonyl (C=O) groups excluding carboxylic acids is 1. The van der Waals surface area contributed by atoms with E-state index in [9.17, 15) is 20.0 Å². The van der Waals surface area contributed by atoms with Crippen LogP contribution >= 0.6 is 23.2 Å². The lowest BCUT2D eigenvalue weighted by molar-refractivity contribution is -0.385. The highest BCUT2D eigenvalue weighted by Crippen LogP contribution is 2.32. The molecule has 10 heteroatoms. The van der Waals surface area contributed by atoms with Crippen LogP contribution in [0.4, 0.5) is 5.69 Å². The lowest BCUT2D eigenvalue weighted by Crippen LogP contribution is -2.18. The molecule has 0 fully saturated rings. The van der Waals surface area contributed by atoms with E-state index in [2.05, 4.69) is 15.5 Å². The number of aromatic nitrogens is 1. The molecule has 0 aliphatic carbocycles. The summed E-state index contributed by atoms with van der Waals surface area (Å²) in [5, 5.41) is 24.2. The first-order chi connectivity index (χ1) is 10.9. The lowest BCUT2D eigenvalue weighted by Gasteiger charge is -2.03. The van der Waals surface area contributed by atoms with Crippen LogP contribution in [0.25, 0.3) is 0 Å². The van der Waals surface area contributed by atoms with E-state index in [1.165, 1.54) is 24.4 Å². The maximum Gasteiger partial charge on any atom is 0.312 e. The number of nitrogens with zero attached hydrogens (tertiary/aromatic N) is 3. The lowest BCUT2D eigenvalue weighted by atomic mass is 10.2. The summed E-state index contributed by atoms with van der Waals surface area (Å²) in [7, 11) is 0. The number of amides is 1. The minimum absolute atomic E-state index is 0.00133. The highest BCUT2D eigenvalue weighted by Gasteiger charge is 2.18. The number of hydrazone groups is 1. The molecular formula is C13H8Cl2N4O4. The third-order valence-electron chi connectivity index (χ3n) is 2.65. The first kappa shape index (κ1) is 16.7. The highest BCUT2D eigenvalue weighted by molar-refractivity contribution is 6.32. The number of aromatic hydroxyl groups is 1. The van der Waals surface area contributed by atoms with E-state index in [4.69, 9.17) is 23.2 Å². The minimum atomic E-state index is -0.785. The molecule has 0 atom stereocenters. The van der Waals surface area contributed by atoms with Gasteiger partial charge in [-0.1, -0.05) is 23.2 Å². The summed E-state index contributed by atoms with van der Waals surface area (Å²) in [5.74, 6) is -1.24. The molecule has 0 saturated heterocycles. The molecule has 0 bridgehead atoms. The standard InChI is InChI=1S/C13H8Cl2N4O4/c14-8-4-7(11(20)10(5-8)19(22)23)6-17-18-13(21)9-2-1-3-16-12(9)15/h1-6,20H,(H,18,21)/b17-6+. The zero-order chi connectivity index (χ0) is 17.0. The Morgan fingerprint density at radius 1 is 1.43 bits per heavy atom. The molecule has 1 aromatic carbocycles. The van der Waals surface area contributed by atoms with Crippen molar-refractivity contribution in [1.82, 2.24) is 10.4 Å². The number of halogens is 2. The zero-order valence-electron chi connectivity index (χ0n) is 11.2. The van der Waals surface area contributed by atoms with Crippen LogP contribution in [-0.2, 0) is 0 Å². The number of pyridine rings is 1. The number of carbonyl (C=O) groups is 1. The fourth-order valence-corrected chi connectivity index (χ4v) is 2.05. The maximum atomic E-state index is 11.8. The predicted octanol–water partition coefficient (Wildman–Crippen LogP) is 2.77. The second-order valence-corrected chi connectivity index (χ2v) is 4.96. The summed E-state index contributed by atoms with van der Waals surface area (Å²) < 4.78 is 0. The third kappa shape index (κ3) is 3.93. The Hall–Kier alpha value is -2.71. The van der Waals surface area contributed by atoms with Crippen molar-refractivity contribution in [2.45, 2.75) is 0 Å². The SMILES string of the molecule is O=C(N/N=C/c1cc(Cl)cc([N+](=O)[O-])c1O)c1cccnc1Cl. The van der Waals surface area contributed by atoms with Crippen molar-refractivity contribution in [3.05, 3.63) is 61.9 Å². The van der Waals surface area contributed by atoms with Gasteiger partial charge in [-0.15, -0.1) is 0 Å². The molecule has 0 aliphatic heterocycles.